The third-order valence-corrected chi connectivity index (χ3v) is 6.43. The van der Waals surface area contributed by atoms with Gasteiger partial charge in [-0.25, -0.2) is 0 Å². The van der Waals surface area contributed by atoms with E-state index in [1.165, 1.54) is 32.1 Å². The monoisotopic (exact) mass is 365 g/mol. The van der Waals surface area contributed by atoms with Crippen LogP contribution in [0, 0.1) is 5.92 Å². The van der Waals surface area contributed by atoms with Crippen LogP contribution >= 0.6 is 11.8 Å². The highest BCUT2D eigenvalue weighted by Crippen LogP contribution is 2.32. The molecular weight excluding hydrogens is 338 g/mol. The number of ketones is 1. The average molecular weight is 365 g/mol. The van der Waals surface area contributed by atoms with Gasteiger partial charge in [-0.2, -0.15) is 0 Å². The number of Topliss-reactive ketones (excluding diaryl/α,β-unsaturated/α-hetero) is 1. The lowest BCUT2D eigenvalue weighted by Crippen LogP contribution is -2.47. The molecule has 0 radical (unpaired) electrons. The highest BCUT2D eigenvalue weighted by atomic mass is 32.2. The van der Waals surface area contributed by atoms with Gasteiger partial charge in [-0.05, 0) is 31.4 Å². The second-order valence-electron chi connectivity index (χ2n) is 7.09. The van der Waals surface area contributed by atoms with Crippen molar-refractivity contribution in [2.45, 2.75) is 68.6 Å². The van der Waals surface area contributed by atoms with Crippen LogP contribution in [0.5, 0.6) is 0 Å². The lowest BCUT2D eigenvalue weighted by atomic mass is 9.86. The molecule has 1 saturated carbocycles. The van der Waals surface area contributed by atoms with Crippen molar-refractivity contribution in [3.63, 3.8) is 0 Å². The highest BCUT2D eigenvalue weighted by molar-refractivity contribution is 7.99. The van der Waals surface area contributed by atoms with E-state index in [4.69, 9.17) is 9.15 Å². The van der Waals surface area contributed by atoms with Gasteiger partial charge in [0.2, 0.25) is 5.91 Å². The fraction of sp³-hybridized carbons (Fsp3) is 0.684. The van der Waals surface area contributed by atoms with Gasteiger partial charge >= 0.3 is 0 Å². The molecule has 3 rings (SSSR count). The van der Waals surface area contributed by atoms with Crippen LogP contribution in [0.1, 0.15) is 51.2 Å². The number of thioether (sulfide) groups is 1. The number of nitrogens with one attached hydrogen (secondary N) is 1. The van der Waals surface area contributed by atoms with Crippen molar-refractivity contribution in [1.29, 1.82) is 0 Å². The molecule has 3 atom stereocenters. The van der Waals surface area contributed by atoms with Gasteiger partial charge in [0.1, 0.15) is 18.4 Å². The number of amides is 1. The predicted octanol–water partition coefficient (Wildman–Crippen LogP) is 3.32. The zero-order valence-electron chi connectivity index (χ0n) is 14.7. The summed E-state index contributed by atoms with van der Waals surface area (Å²) in [4.78, 5) is 24.8. The summed E-state index contributed by atoms with van der Waals surface area (Å²) in [6, 6.07) is 3.28. The van der Waals surface area contributed by atoms with Gasteiger partial charge in [-0.15, -0.1) is 11.8 Å². The number of carbonyl (C=O) groups is 2. The van der Waals surface area contributed by atoms with Gasteiger partial charge in [-0.1, -0.05) is 32.1 Å². The van der Waals surface area contributed by atoms with Crippen LogP contribution in [-0.2, 0) is 20.1 Å². The van der Waals surface area contributed by atoms with E-state index in [0.717, 1.165) is 12.2 Å². The number of rotatable bonds is 7. The van der Waals surface area contributed by atoms with Crippen LogP contribution in [0.15, 0.2) is 22.8 Å². The van der Waals surface area contributed by atoms with E-state index < -0.39 is 6.04 Å². The van der Waals surface area contributed by atoms with Gasteiger partial charge in [0.25, 0.3) is 0 Å². The lowest BCUT2D eigenvalue weighted by molar-refractivity contribution is -0.126. The molecule has 2 aliphatic rings. The van der Waals surface area contributed by atoms with Crippen molar-refractivity contribution < 1.29 is 18.7 Å². The van der Waals surface area contributed by atoms with E-state index in [1.54, 1.807) is 18.0 Å². The Morgan fingerprint density at radius 3 is 2.80 bits per heavy atom. The maximum atomic E-state index is 12.9. The van der Waals surface area contributed by atoms with Crippen molar-refractivity contribution in [3.05, 3.63) is 24.2 Å². The van der Waals surface area contributed by atoms with Crippen molar-refractivity contribution in [3.8, 4) is 0 Å². The van der Waals surface area contributed by atoms with Crippen LogP contribution in [-0.4, -0.2) is 35.7 Å². The molecule has 3 unspecified atom stereocenters. The zero-order chi connectivity index (χ0) is 17.6. The number of hydrogen-bond donors (Lipinski definition) is 1. The Balaban J connectivity index is 1.61. The summed E-state index contributed by atoms with van der Waals surface area (Å²) in [5.74, 6) is 2.07. The maximum Gasteiger partial charge on any atom is 0.233 e. The summed E-state index contributed by atoms with van der Waals surface area (Å²) in [6.07, 6.45) is 8.50. The first-order valence-corrected chi connectivity index (χ1v) is 10.3. The van der Waals surface area contributed by atoms with E-state index in [9.17, 15) is 9.59 Å². The van der Waals surface area contributed by atoms with Crippen LogP contribution in [0.2, 0.25) is 0 Å². The first-order chi connectivity index (χ1) is 12.1. The number of furan rings is 1. The summed E-state index contributed by atoms with van der Waals surface area (Å²) in [5, 5.41) is 2.77. The number of carbonyl (C=O) groups excluding carboxylic acids is 2. The Morgan fingerprint density at radius 2 is 2.16 bits per heavy atom. The smallest absolute Gasteiger partial charge is 0.233 e. The Morgan fingerprint density at radius 1 is 1.36 bits per heavy atom. The quantitative estimate of drug-likeness (QED) is 0.803. The summed E-state index contributed by atoms with van der Waals surface area (Å²) >= 11 is 1.61. The molecule has 0 aromatic carbocycles. The van der Waals surface area contributed by atoms with E-state index in [-0.39, 0.29) is 29.7 Å². The van der Waals surface area contributed by atoms with Crippen LogP contribution in [0.25, 0.3) is 0 Å². The van der Waals surface area contributed by atoms with E-state index in [0.29, 0.717) is 11.7 Å². The summed E-state index contributed by atoms with van der Waals surface area (Å²) in [7, 11) is 0. The fourth-order valence-corrected chi connectivity index (χ4v) is 4.82. The van der Waals surface area contributed by atoms with Crippen LogP contribution in [0.3, 0.4) is 0 Å². The van der Waals surface area contributed by atoms with Crippen LogP contribution in [0.4, 0.5) is 0 Å². The molecule has 138 valence electrons. The van der Waals surface area contributed by atoms with Gasteiger partial charge < -0.3 is 14.5 Å². The molecule has 5 nitrogen and oxygen atoms in total. The Kier molecular flexibility index (Phi) is 6.59. The minimum Gasteiger partial charge on any atom is -0.468 e. The van der Waals surface area contributed by atoms with E-state index in [1.807, 2.05) is 19.1 Å². The molecular formula is C19H27NO4S. The molecule has 1 aliphatic carbocycles. The summed E-state index contributed by atoms with van der Waals surface area (Å²) in [5.41, 5.74) is 0. The van der Waals surface area contributed by atoms with E-state index in [2.05, 4.69) is 5.32 Å². The van der Waals surface area contributed by atoms with Gasteiger partial charge in [0, 0.05) is 0 Å². The van der Waals surface area contributed by atoms with Crippen molar-refractivity contribution in [2.24, 2.45) is 5.92 Å². The first-order valence-electron chi connectivity index (χ1n) is 9.22. The maximum absolute atomic E-state index is 12.9. The molecule has 1 aliphatic heterocycles. The average Bonchev–Trinajstić information content (AvgIpc) is 3.24. The topological polar surface area (TPSA) is 68.5 Å². The molecule has 2 fully saturated rings. The second kappa shape index (κ2) is 8.90. The van der Waals surface area contributed by atoms with Crippen molar-refractivity contribution in [1.82, 2.24) is 5.32 Å². The fourth-order valence-electron chi connectivity index (χ4n) is 3.66. The molecule has 1 aromatic rings. The molecule has 25 heavy (non-hydrogen) atoms. The Labute approximate surface area is 153 Å². The third kappa shape index (κ3) is 5.11. The SMILES string of the molecule is CC1OCC(=O)C1NC(=O)C(CC1CCCCC1)SCc1ccco1. The minimum atomic E-state index is -0.509. The molecule has 0 bridgehead atoms. The largest absolute Gasteiger partial charge is 0.468 e. The van der Waals surface area contributed by atoms with Crippen LogP contribution < -0.4 is 5.32 Å². The number of ether oxygens (including phenoxy) is 1. The Bertz CT molecular complexity index is 568. The van der Waals surface area contributed by atoms with Gasteiger partial charge in [0.15, 0.2) is 5.78 Å². The summed E-state index contributed by atoms with van der Waals surface area (Å²) in [6.45, 7) is 1.93. The molecule has 1 saturated heterocycles. The molecule has 1 N–H and O–H groups in total. The highest BCUT2D eigenvalue weighted by Gasteiger charge is 2.36. The third-order valence-electron chi connectivity index (χ3n) is 5.17. The molecule has 1 amide bonds. The Hall–Kier alpha value is -1.27. The normalized spacial score (nSPS) is 25.9. The molecule has 6 heteroatoms. The van der Waals surface area contributed by atoms with Gasteiger partial charge in [0.05, 0.1) is 23.4 Å². The van der Waals surface area contributed by atoms with Crippen molar-refractivity contribution in [2.75, 3.05) is 6.61 Å². The first kappa shape index (κ1) is 18.5. The molecule has 0 spiro atoms. The van der Waals surface area contributed by atoms with Crippen molar-refractivity contribution >= 4 is 23.5 Å². The van der Waals surface area contributed by atoms with E-state index >= 15 is 0 Å². The lowest BCUT2D eigenvalue weighted by Gasteiger charge is -2.26. The van der Waals surface area contributed by atoms with Gasteiger partial charge in [-0.3, -0.25) is 9.59 Å². The standard InChI is InChI=1S/C19H27NO4S/c1-13-18(16(21)11-24-13)20-19(22)17(10-14-6-3-2-4-7-14)25-12-15-8-5-9-23-15/h5,8-9,13-14,17-18H,2-4,6-7,10-12H2,1H3,(H,20,22). The number of hydrogen-bond acceptors (Lipinski definition) is 5. The predicted molar refractivity (Wildman–Crippen MR) is 97.3 cm³/mol. The minimum absolute atomic E-state index is 0.0340. The zero-order valence-corrected chi connectivity index (χ0v) is 15.6. The molecule has 2 heterocycles. The summed E-state index contributed by atoms with van der Waals surface area (Å²) < 4.78 is 10.7. The molecule has 1 aromatic heterocycles. The second-order valence-corrected chi connectivity index (χ2v) is 8.28.